The third kappa shape index (κ3) is 2.80. The molecule has 0 saturated carbocycles. The van der Waals surface area contributed by atoms with E-state index in [0.717, 1.165) is 12.1 Å². The van der Waals surface area contributed by atoms with Gasteiger partial charge in [-0.3, -0.25) is 0 Å². The standard InChI is InChI=1S/C14H17F5O/c1-4-12(2,3)9-6-5-7-10(8-9)13(20,11(15)16)14(17,18)19/h5-8,11,20H,4H2,1-3H3. The Morgan fingerprint density at radius 2 is 1.60 bits per heavy atom. The van der Waals surface area contributed by atoms with E-state index in [1.807, 2.05) is 6.92 Å². The second-order valence-corrected chi connectivity index (χ2v) is 5.38. The van der Waals surface area contributed by atoms with Crippen LogP contribution in [0.1, 0.15) is 38.3 Å². The summed E-state index contributed by atoms with van der Waals surface area (Å²) in [5, 5.41) is 9.48. The Morgan fingerprint density at radius 3 is 2.00 bits per heavy atom. The summed E-state index contributed by atoms with van der Waals surface area (Å²) in [5.74, 6) is 0. The number of halogens is 5. The molecule has 1 aromatic carbocycles. The predicted octanol–water partition coefficient (Wildman–Crippen LogP) is 4.39. The zero-order valence-corrected chi connectivity index (χ0v) is 11.4. The van der Waals surface area contributed by atoms with Crippen molar-refractivity contribution in [1.29, 1.82) is 0 Å². The maximum absolute atomic E-state index is 12.8. The van der Waals surface area contributed by atoms with E-state index in [1.54, 1.807) is 19.9 Å². The van der Waals surface area contributed by atoms with Crippen LogP contribution in [-0.4, -0.2) is 17.7 Å². The van der Waals surface area contributed by atoms with Gasteiger partial charge in [0.25, 0.3) is 6.43 Å². The van der Waals surface area contributed by atoms with Gasteiger partial charge in [-0.15, -0.1) is 0 Å². The van der Waals surface area contributed by atoms with Crippen LogP contribution in [0.2, 0.25) is 0 Å². The summed E-state index contributed by atoms with van der Waals surface area (Å²) in [6.07, 6.45) is -8.78. The Labute approximate surface area is 114 Å². The van der Waals surface area contributed by atoms with Crippen LogP contribution >= 0.6 is 0 Å². The molecule has 114 valence electrons. The van der Waals surface area contributed by atoms with E-state index >= 15 is 0 Å². The number of aliphatic hydroxyl groups is 1. The number of rotatable bonds is 4. The van der Waals surface area contributed by atoms with Crippen molar-refractivity contribution >= 4 is 0 Å². The normalized spacial score (nSPS) is 16.3. The largest absolute Gasteiger partial charge is 0.427 e. The van der Waals surface area contributed by atoms with Gasteiger partial charge in [-0.25, -0.2) is 8.78 Å². The van der Waals surface area contributed by atoms with Crippen molar-refractivity contribution in [2.24, 2.45) is 0 Å². The van der Waals surface area contributed by atoms with Gasteiger partial charge in [-0.1, -0.05) is 45.0 Å². The molecule has 0 saturated heterocycles. The topological polar surface area (TPSA) is 20.2 Å². The van der Waals surface area contributed by atoms with Gasteiger partial charge in [0, 0.05) is 0 Å². The van der Waals surface area contributed by atoms with Crippen LogP contribution in [0, 0.1) is 0 Å². The van der Waals surface area contributed by atoms with E-state index < -0.39 is 29.2 Å². The minimum absolute atomic E-state index is 0.468. The lowest BCUT2D eigenvalue weighted by Crippen LogP contribution is -2.48. The van der Waals surface area contributed by atoms with Crippen molar-refractivity contribution in [2.75, 3.05) is 0 Å². The van der Waals surface area contributed by atoms with E-state index in [0.29, 0.717) is 12.0 Å². The quantitative estimate of drug-likeness (QED) is 0.817. The van der Waals surface area contributed by atoms with Crippen LogP contribution in [0.5, 0.6) is 0 Å². The Bertz CT molecular complexity index is 467. The van der Waals surface area contributed by atoms with Gasteiger partial charge >= 0.3 is 6.18 Å². The summed E-state index contributed by atoms with van der Waals surface area (Å²) in [6, 6.07) is 4.69. The molecule has 0 amide bonds. The number of benzene rings is 1. The molecule has 0 aliphatic rings. The molecule has 1 rings (SSSR count). The summed E-state index contributed by atoms with van der Waals surface area (Å²) in [4.78, 5) is 0. The SMILES string of the molecule is CCC(C)(C)c1cccc(C(O)(C(F)F)C(F)(F)F)c1. The maximum Gasteiger partial charge on any atom is 0.427 e. The van der Waals surface area contributed by atoms with E-state index in [9.17, 15) is 27.1 Å². The van der Waals surface area contributed by atoms with Crippen molar-refractivity contribution in [1.82, 2.24) is 0 Å². The average molecular weight is 296 g/mol. The lowest BCUT2D eigenvalue weighted by Gasteiger charge is -2.32. The molecule has 0 aromatic heterocycles. The zero-order valence-electron chi connectivity index (χ0n) is 11.4. The molecular weight excluding hydrogens is 279 g/mol. The molecule has 0 aliphatic carbocycles. The first-order chi connectivity index (χ1) is 8.96. The monoisotopic (exact) mass is 296 g/mol. The Morgan fingerprint density at radius 1 is 1.10 bits per heavy atom. The highest BCUT2D eigenvalue weighted by atomic mass is 19.4. The zero-order chi connectivity index (χ0) is 15.8. The van der Waals surface area contributed by atoms with Crippen LogP contribution in [-0.2, 0) is 11.0 Å². The van der Waals surface area contributed by atoms with E-state index in [-0.39, 0.29) is 0 Å². The number of alkyl halides is 5. The highest BCUT2D eigenvalue weighted by Gasteiger charge is 2.61. The van der Waals surface area contributed by atoms with Crippen molar-refractivity contribution < 1.29 is 27.1 Å². The van der Waals surface area contributed by atoms with Crippen LogP contribution in [0.25, 0.3) is 0 Å². The lowest BCUT2D eigenvalue weighted by molar-refractivity contribution is -0.305. The molecule has 1 unspecified atom stereocenters. The van der Waals surface area contributed by atoms with Crippen molar-refractivity contribution in [2.45, 2.75) is 50.8 Å². The van der Waals surface area contributed by atoms with Crippen molar-refractivity contribution in [3.05, 3.63) is 35.4 Å². The molecule has 1 atom stereocenters. The van der Waals surface area contributed by atoms with Crippen LogP contribution in [0.3, 0.4) is 0 Å². The second kappa shape index (κ2) is 5.31. The maximum atomic E-state index is 12.8. The predicted molar refractivity (Wildman–Crippen MR) is 65.7 cm³/mol. The van der Waals surface area contributed by atoms with Gasteiger partial charge in [0.05, 0.1) is 0 Å². The molecule has 0 aliphatic heterocycles. The van der Waals surface area contributed by atoms with Gasteiger partial charge in [0.1, 0.15) is 0 Å². The molecule has 0 radical (unpaired) electrons. The minimum Gasteiger partial charge on any atom is -0.372 e. The molecule has 1 nitrogen and oxygen atoms in total. The smallest absolute Gasteiger partial charge is 0.372 e. The van der Waals surface area contributed by atoms with Crippen LogP contribution in [0.4, 0.5) is 22.0 Å². The molecular formula is C14H17F5O. The molecule has 0 bridgehead atoms. The van der Waals surface area contributed by atoms with E-state index in [1.165, 1.54) is 6.07 Å². The van der Waals surface area contributed by atoms with Crippen LogP contribution in [0.15, 0.2) is 24.3 Å². The number of hydrogen-bond donors (Lipinski definition) is 1. The number of hydrogen-bond acceptors (Lipinski definition) is 1. The Hall–Kier alpha value is -1.17. The summed E-state index contributed by atoms with van der Waals surface area (Å²) >= 11 is 0. The summed E-state index contributed by atoms with van der Waals surface area (Å²) in [5.41, 5.74) is -4.97. The molecule has 0 heterocycles. The average Bonchev–Trinajstić information content (AvgIpc) is 2.36. The highest BCUT2D eigenvalue weighted by Crippen LogP contribution is 2.44. The fraction of sp³-hybridized carbons (Fsp3) is 0.571. The van der Waals surface area contributed by atoms with E-state index in [2.05, 4.69) is 0 Å². The summed E-state index contributed by atoms with van der Waals surface area (Å²) in [6.45, 7) is 5.43. The third-order valence-electron chi connectivity index (χ3n) is 3.72. The fourth-order valence-electron chi connectivity index (χ4n) is 1.79. The molecule has 1 N–H and O–H groups in total. The summed E-state index contributed by atoms with van der Waals surface area (Å²) in [7, 11) is 0. The first kappa shape index (κ1) is 16.9. The second-order valence-electron chi connectivity index (χ2n) is 5.38. The molecule has 6 heteroatoms. The van der Waals surface area contributed by atoms with Crippen molar-refractivity contribution in [3.63, 3.8) is 0 Å². The van der Waals surface area contributed by atoms with Crippen LogP contribution < -0.4 is 0 Å². The third-order valence-corrected chi connectivity index (χ3v) is 3.72. The van der Waals surface area contributed by atoms with Gasteiger partial charge < -0.3 is 5.11 Å². The Kier molecular flexibility index (Phi) is 4.49. The minimum atomic E-state index is -5.45. The van der Waals surface area contributed by atoms with Gasteiger partial charge in [0.2, 0.25) is 5.60 Å². The fourth-order valence-corrected chi connectivity index (χ4v) is 1.79. The highest BCUT2D eigenvalue weighted by molar-refractivity contribution is 5.34. The molecule has 20 heavy (non-hydrogen) atoms. The van der Waals surface area contributed by atoms with Crippen molar-refractivity contribution in [3.8, 4) is 0 Å². The van der Waals surface area contributed by atoms with E-state index in [4.69, 9.17) is 0 Å². The molecule has 1 aromatic rings. The molecule has 0 fully saturated rings. The lowest BCUT2D eigenvalue weighted by atomic mass is 9.80. The molecule has 0 spiro atoms. The van der Waals surface area contributed by atoms with Gasteiger partial charge in [-0.05, 0) is 23.0 Å². The Balaban J connectivity index is 3.42. The first-order valence-corrected chi connectivity index (χ1v) is 6.15. The van der Waals surface area contributed by atoms with Gasteiger partial charge in [0.15, 0.2) is 0 Å². The first-order valence-electron chi connectivity index (χ1n) is 6.15. The van der Waals surface area contributed by atoms with Gasteiger partial charge in [-0.2, -0.15) is 13.2 Å². The summed E-state index contributed by atoms with van der Waals surface area (Å²) < 4.78 is 64.1.